The van der Waals surface area contributed by atoms with Crippen molar-refractivity contribution in [1.82, 2.24) is 4.90 Å². The fourth-order valence-electron chi connectivity index (χ4n) is 3.77. The van der Waals surface area contributed by atoms with Crippen LogP contribution in [0.3, 0.4) is 0 Å². The highest BCUT2D eigenvalue weighted by molar-refractivity contribution is 8.18. The van der Waals surface area contributed by atoms with Crippen molar-refractivity contribution < 1.29 is 14.3 Å². The Morgan fingerprint density at radius 2 is 1.75 bits per heavy atom. The van der Waals surface area contributed by atoms with Gasteiger partial charge in [-0.3, -0.25) is 14.7 Å². The highest BCUT2D eigenvalue weighted by Gasteiger charge is 2.39. The molecular formula is C18H26N2O3S. The quantitative estimate of drug-likeness (QED) is 0.576. The predicted molar refractivity (Wildman–Crippen MR) is 95.7 cm³/mol. The SMILES string of the molecule is COC(=O)C=C1SC(=NC2CCCCC2)N(C2CCCCC2)C1=O. The monoisotopic (exact) mass is 350 g/mol. The molecule has 1 aliphatic heterocycles. The highest BCUT2D eigenvalue weighted by atomic mass is 32.2. The Labute approximate surface area is 147 Å². The fraction of sp³-hybridized carbons (Fsp3) is 0.722. The largest absolute Gasteiger partial charge is 0.466 e. The smallest absolute Gasteiger partial charge is 0.331 e. The number of thioether (sulfide) groups is 1. The zero-order valence-electron chi connectivity index (χ0n) is 14.3. The molecule has 3 rings (SSSR count). The average molecular weight is 350 g/mol. The maximum atomic E-state index is 12.9. The second-order valence-electron chi connectivity index (χ2n) is 6.80. The number of esters is 1. The molecule has 0 radical (unpaired) electrons. The van der Waals surface area contributed by atoms with Crippen molar-refractivity contribution in [2.45, 2.75) is 76.3 Å². The van der Waals surface area contributed by atoms with Crippen LogP contribution in [-0.2, 0) is 14.3 Å². The molecule has 0 atom stereocenters. The van der Waals surface area contributed by atoms with Gasteiger partial charge in [0.25, 0.3) is 5.91 Å². The van der Waals surface area contributed by atoms with Gasteiger partial charge in [0.15, 0.2) is 5.17 Å². The molecule has 2 aliphatic carbocycles. The van der Waals surface area contributed by atoms with Crippen LogP contribution in [-0.4, -0.2) is 41.1 Å². The third-order valence-corrected chi connectivity index (χ3v) is 6.09. The number of carbonyl (C=O) groups is 2. The van der Waals surface area contributed by atoms with Crippen LogP contribution >= 0.6 is 11.8 Å². The second kappa shape index (κ2) is 8.19. The van der Waals surface area contributed by atoms with E-state index in [1.54, 1.807) is 0 Å². The van der Waals surface area contributed by atoms with E-state index in [2.05, 4.69) is 4.74 Å². The summed E-state index contributed by atoms with van der Waals surface area (Å²) in [5.41, 5.74) is 0. The normalized spacial score (nSPS) is 27.2. The lowest BCUT2D eigenvalue weighted by atomic mass is 9.94. The van der Waals surface area contributed by atoms with Crippen molar-refractivity contribution in [3.05, 3.63) is 11.0 Å². The van der Waals surface area contributed by atoms with E-state index >= 15 is 0 Å². The lowest BCUT2D eigenvalue weighted by molar-refractivity contribution is -0.135. The van der Waals surface area contributed by atoms with Crippen LogP contribution in [0.5, 0.6) is 0 Å². The van der Waals surface area contributed by atoms with Crippen molar-refractivity contribution in [2.75, 3.05) is 7.11 Å². The van der Waals surface area contributed by atoms with E-state index in [-0.39, 0.29) is 11.9 Å². The van der Waals surface area contributed by atoms with Gasteiger partial charge in [0, 0.05) is 12.1 Å². The van der Waals surface area contributed by atoms with Gasteiger partial charge < -0.3 is 4.74 Å². The Bertz CT molecular complexity index is 546. The number of ether oxygens (including phenoxy) is 1. The number of hydrogen-bond donors (Lipinski definition) is 0. The van der Waals surface area contributed by atoms with Crippen molar-refractivity contribution >= 4 is 28.8 Å². The first kappa shape index (κ1) is 17.5. The number of aliphatic imine (C=N–C) groups is 1. The molecule has 6 heteroatoms. The van der Waals surface area contributed by atoms with Crippen molar-refractivity contribution in [3.63, 3.8) is 0 Å². The molecular weight excluding hydrogens is 324 g/mol. The fourth-order valence-corrected chi connectivity index (χ4v) is 4.84. The van der Waals surface area contributed by atoms with Gasteiger partial charge in [0.05, 0.1) is 18.1 Å². The van der Waals surface area contributed by atoms with Crippen LogP contribution < -0.4 is 0 Å². The van der Waals surface area contributed by atoms with Crippen LogP contribution in [0.1, 0.15) is 64.2 Å². The van der Waals surface area contributed by atoms with Crippen LogP contribution in [0, 0.1) is 0 Å². The van der Waals surface area contributed by atoms with Crippen molar-refractivity contribution in [2.24, 2.45) is 4.99 Å². The van der Waals surface area contributed by atoms with E-state index in [4.69, 9.17) is 4.99 Å². The Morgan fingerprint density at radius 3 is 2.38 bits per heavy atom. The lowest BCUT2D eigenvalue weighted by Crippen LogP contribution is -2.41. The molecule has 2 saturated carbocycles. The second-order valence-corrected chi connectivity index (χ2v) is 7.81. The average Bonchev–Trinajstić information content (AvgIpc) is 2.91. The molecule has 0 aromatic heterocycles. The maximum absolute atomic E-state index is 12.9. The zero-order chi connectivity index (χ0) is 16.9. The minimum Gasteiger partial charge on any atom is -0.466 e. The van der Waals surface area contributed by atoms with Gasteiger partial charge in [-0.05, 0) is 37.4 Å². The molecule has 5 nitrogen and oxygen atoms in total. The molecule has 0 spiro atoms. The summed E-state index contributed by atoms with van der Waals surface area (Å²) in [6.45, 7) is 0. The summed E-state index contributed by atoms with van der Waals surface area (Å²) < 4.78 is 4.69. The third kappa shape index (κ3) is 4.02. The molecule has 24 heavy (non-hydrogen) atoms. The molecule has 3 fully saturated rings. The Balaban J connectivity index is 1.84. The number of methoxy groups -OCH3 is 1. The molecule has 1 amide bonds. The van der Waals surface area contributed by atoms with Gasteiger partial charge in [0.2, 0.25) is 0 Å². The number of amidine groups is 1. The third-order valence-electron chi connectivity index (χ3n) is 5.09. The van der Waals surface area contributed by atoms with Crippen LogP contribution in [0.2, 0.25) is 0 Å². The Kier molecular flexibility index (Phi) is 5.98. The van der Waals surface area contributed by atoms with Gasteiger partial charge >= 0.3 is 5.97 Å². The first-order chi connectivity index (χ1) is 11.7. The maximum Gasteiger partial charge on any atom is 0.331 e. The molecule has 132 valence electrons. The van der Waals surface area contributed by atoms with E-state index in [1.807, 2.05) is 4.90 Å². The zero-order valence-corrected chi connectivity index (χ0v) is 15.1. The lowest BCUT2D eigenvalue weighted by Gasteiger charge is -2.31. The van der Waals surface area contributed by atoms with Crippen LogP contribution in [0.25, 0.3) is 0 Å². The van der Waals surface area contributed by atoms with Gasteiger partial charge in [-0.2, -0.15) is 0 Å². The number of amides is 1. The van der Waals surface area contributed by atoms with Gasteiger partial charge in [-0.15, -0.1) is 0 Å². The first-order valence-electron chi connectivity index (χ1n) is 9.08. The molecule has 1 heterocycles. The van der Waals surface area contributed by atoms with Gasteiger partial charge in [-0.1, -0.05) is 38.5 Å². The van der Waals surface area contributed by atoms with E-state index in [9.17, 15) is 9.59 Å². The topological polar surface area (TPSA) is 59.0 Å². The molecule has 0 aromatic carbocycles. The summed E-state index contributed by atoms with van der Waals surface area (Å²) in [5.74, 6) is -0.555. The molecule has 3 aliphatic rings. The number of hydrogen-bond acceptors (Lipinski definition) is 5. The Morgan fingerprint density at radius 1 is 1.12 bits per heavy atom. The minimum atomic E-state index is -0.478. The Hall–Kier alpha value is -1.30. The summed E-state index contributed by atoms with van der Waals surface area (Å²) in [6.07, 6.45) is 12.9. The van der Waals surface area contributed by atoms with Crippen LogP contribution in [0.4, 0.5) is 0 Å². The van der Waals surface area contributed by atoms with E-state index in [0.717, 1.165) is 43.7 Å². The van der Waals surface area contributed by atoms with Crippen molar-refractivity contribution in [3.8, 4) is 0 Å². The van der Waals surface area contributed by atoms with Gasteiger partial charge in [-0.25, -0.2) is 4.79 Å². The summed E-state index contributed by atoms with van der Waals surface area (Å²) >= 11 is 1.34. The standard InChI is InChI=1S/C18H26N2O3S/c1-23-16(21)12-15-17(22)20(14-10-6-3-7-11-14)18(24-15)19-13-8-4-2-5-9-13/h12-14H,2-11H2,1H3. The summed E-state index contributed by atoms with van der Waals surface area (Å²) in [6, 6.07) is 0.544. The first-order valence-corrected chi connectivity index (χ1v) is 9.89. The number of nitrogens with zero attached hydrogens (tertiary/aromatic N) is 2. The van der Waals surface area contributed by atoms with E-state index in [0.29, 0.717) is 10.9 Å². The number of carbonyl (C=O) groups excluding carboxylic acids is 2. The van der Waals surface area contributed by atoms with E-state index in [1.165, 1.54) is 50.6 Å². The molecule has 0 aromatic rings. The van der Waals surface area contributed by atoms with E-state index < -0.39 is 5.97 Å². The van der Waals surface area contributed by atoms with Crippen molar-refractivity contribution in [1.29, 1.82) is 0 Å². The van der Waals surface area contributed by atoms with Gasteiger partial charge in [0.1, 0.15) is 0 Å². The molecule has 0 N–H and O–H groups in total. The summed E-state index contributed by atoms with van der Waals surface area (Å²) in [5, 5.41) is 0.800. The molecule has 0 bridgehead atoms. The van der Waals surface area contributed by atoms with Crippen LogP contribution in [0.15, 0.2) is 16.0 Å². The molecule has 0 unspecified atom stereocenters. The minimum absolute atomic E-state index is 0.0770. The number of rotatable bonds is 3. The predicted octanol–water partition coefficient (Wildman–Crippen LogP) is 3.64. The molecule has 1 saturated heterocycles. The summed E-state index contributed by atoms with van der Waals surface area (Å²) in [7, 11) is 1.33. The summed E-state index contributed by atoms with van der Waals surface area (Å²) in [4.78, 5) is 31.7. The highest BCUT2D eigenvalue weighted by Crippen LogP contribution is 2.37.